The Morgan fingerprint density at radius 1 is 0.897 bits per heavy atom. The van der Waals surface area contributed by atoms with Crippen LogP contribution in [0.4, 0.5) is 13.2 Å². The molecule has 2 aliphatic carbocycles. The molecule has 0 saturated carbocycles. The largest absolute Gasteiger partial charge is 0.288 e. The van der Waals surface area contributed by atoms with E-state index in [9.17, 15) is 23.2 Å². The molecule has 0 radical (unpaired) electrons. The fourth-order valence-corrected chi connectivity index (χ4v) is 4.04. The number of halogens is 3. The SMILES string of the molecule is N#CC=C1/C(=C2\c3ccccc3-c3ncccc32)C(=O)c2c(F)cc(F)c(F)c21. The van der Waals surface area contributed by atoms with Gasteiger partial charge in [0, 0.05) is 51.7 Å². The van der Waals surface area contributed by atoms with Crippen LogP contribution in [-0.4, -0.2) is 10.8 Å². The molecule has 0 amide bonds. The molecule has 3 nitrogen and oxygen atoms in total. The third-order valence-electron chi connectivity index (χ3n) is 5.15. The van der Waals surface area contributed by atoms with Gasteiger partial charge in [-0.05, 0) is 11.6 Å². The monoisotopic (exact) mass is 386 g/mol. The first-order valence-corrected chi connectivity index (χ1v) is 8.66. The van der Waals surface area contributed by atoms with Gasteiger partial charge >= 0.3 is 0 Å². The van der Waals surface area contributed by atoms with Crippen LogP contribution in [0, 0.1) is 28.8 Å². The minimum absolute atomic E-state index is 0.0378. The smallest absolute Gasteiger partial charge is 0.198 e. The maximum Gasteiger partial charge on any atom is 0.198 e. The summed E-state index contributed by atoms with van der Waals surface area (Å²) in [7, 11) is 0. The number of fused-ring (bicyclic) bond motifs is 4. The Kier molecular flexibility index (Phi) is 3.55. The van der Waals surface area contributed by atoms with E-state index in [-0.39, 0.29) is 11.1 Å². The second kappa shape index (κ2) is 6.01. The van der Waals surface area contributed by atoms with E-state index in [1.165, 1.54) is 0 Å². The molecule has 0 N–H and O–H groups in total. The van der Waals surface area contributed by atoms with Crippen molar-refractivity contribution in [3.05, 3.63) is 100 Å². The zero-order valence-electron chi connectivity index (χ0n) is 14.6. The van der Waals surface area contributed by atoms with Crippen LogP contribution in [0.25, 0.3) is 22.4 Å². The lowest BCUT2D eigenvalue weighted by molar-refractivity contribution is 0.104. The molecule has 0 aliphatic heterocycles. The van der Waals surface area contributed by atoms with E-state index < -0.39 is 34.4 Å². The molecule has 29 heavy (non-hydrogen) atoms. The lowest BCUT2D eigenvalue weighted by Crippen LogP contribution is -2.03. The average molecular weight is 386 g/mol. The Bertz CT molecular complexity index is 1320. The van der Waals surface area contributed by atoms with Crippen molar-refractivity contribution < 1.29 is 18.0 Å². The van der Waals surface area contributed by atoms with E-state index in [1.54, 1.807) is 36.5 Å². The summed E-state index contributed by atoms with van der Waals surface area (Å²) in [6, 6.07) is 12.7. The third-order valence-corrected chi connectivity index (χ3v) is 5.15. The van der Waals surface area contributed by atoms with Gasteiger partial charge in [0.25, 0.3) is 0 Å². The molecule has 6 heteroatoms. The minimum Gasteiger partial charge on any atom is -0.288 e. The van der Waals surface area contributed by atoms with Crippen LogP contribution in [0.3, 0.4) is 0 Å². The Morgan fingerprint density at radius 3 is 2.38 bits per heavy atom. The average Bonchev–Trinajstić information content (AvgIpc) is 3.19. The predicted octanol–water partition coefficient (Wildman–Crippen LogP) is 5.08. The molecule has 2 aromatic carbocycles. The maximum atomic E-state index is 14.6. The van der Waals surface area contributed by atoms with Gasteiger partial charge in [-0.15, -0.1) is 0 Å². The highest BCUT2D eigenvalue weighted by Gasteiger charge is 2.41. The number of Topliss-reactive ketones (excluding diaryl/α,β-unsaturated/α-hetero) is 1. The number of ketones is 1. The lowest BCUT2D eigenvalue weighted by Gasteiger charge is -2.08. The number of aromatic nitrogens is 1. The first-order chi connectivity index (χ1) is 14.0. The number of rotatable bonds is 0. The van der Waals surface area contributed by atoms with Gasteiger partial charge < -0.3 is 0 Å². The summed E-state index contributed by atoms with van der Waals surface area (Å²) >= 11 is 0. The van der Waals surface area contributed by atoms with Crippen molar-refractivity contribution >= 4 is 16.9 Å². The summed E-state index contributed by atoms with van der Waals surface area (Å²) in [4.78, 5) is 17.6. The van der Waals surface area contributed by atoms with Crippen molar-refractivity contribution in [2.24, 2.45) is 0 Å². The van der Waals surface area contributed by atoms with Crippen LogP contribution in [0.5, 0.6) is 0 Å². The topological polar surface area (TPSA) is 53.8 Å². The number of nitriles is 1. The number of hydrogen-bond acceptors (Lipinski definition) is 3. The first-order valence-electron chi connectivity index (χ1n) is 8.66. The van der Waals surface area contributed by atoms with Crippen LogP contribution < -0.4 is 0 Å². The molecule has 1 aromatic heterocycles. The predicted molar refractivity (Wildman–Crippen MR) is 99.9 cm³/mol. The summed E-state index contributed by atoms with van der Waals surface area (Å²) in [6.45, 7) is 0. The fraction of sp³-hybridized carbons (Fsp3) is 0. The van der Waals surface area contributed by atoms with Gasteiger partial charge in [0.15, 0.2) is 17.4 Å². The number of carbonyl (C=O) groups excluding carboxylic acids is 1. The number of nitrogens with zero attached hydrogens (tertiary/aromatic N) is 2. The van der Waals surface area contributed by atoms with Gasteiger partial charge in [0.2, 0.25) is 0 Å². The highest BCUT2D eigenvalue weighted by atomic mass is 19.2. The van der Waals surface area contributed by atoms with Crippen LogP contribution in [0.15, 0.2) is 60.3 Å². The molecule has 0 atom stereocenters. The summed E-state index contributed by atoms with van der Waals surface area (Å²) in [5, 5.41) is 9.24. The van der Waals surface area contributed by atoms with Crippen molar-refractivity contribution in [2.45, 2.75) is 0 Å². The van der Waals surface area contributed by atoms with E-state index in [1.807, 2.05) is 12.1 Å². The van der Waals surface area contributed by atoms with Crippen LogP contribution in [0.2, 0.25) is 0 Å². The van der Waals surface area contributed by atoms with Crippen LogP contribution in [0.1, 0.15) is 27.0 Å². The molecule has 0 bridgehead atoms. The van der Waals surface area contributed by atoms with Gasteiger partial charge in [-0.25, -0.2) is 13.2 Å². The number of benzene rings is 2. The van der Waals surface area contributed by atoms with Gasteiger partial charge in [0.05, 0.1) is 17.3 Å². The van der Waals surface area contributed by atoms with Gasteiger partial charge in [-0.1, -0.05) is 30.3 Å². The quantitative estimate of drug-likeness (QED) is 0.240. The molecule has 1 heterocycles. The normalized spacial score (nSPS) is 17.9. The van der Waals surface area contributed by atoms with Crippen molar-refractivity contribution in [3.8, 4) is 17.3 Å². The summed E-state index contributed by atoms with van der Waals surface area (Å²) in [5.74, 6) is -4.73. The zero-order chi connectivity index (χ0) is 20.3. The fourth-order valence-electron chi connectivity index (χ4n) is 4.04. The molecule has 2 aliphatic rings. The third kappa shape index (κ3) is 2.18. The standard InChI is InChI=1S/C23H9F3N2O/c24-15-10-16(25)21(26)18-13(7-8-27)19(23(29)20(15)18)17-11-4-1-2-5-12(11)22-14(17)6-3-9-28-22/h1-7,9-10H/b13-7?,19-17-. The summed E-state index contributed by atoms with van der Waals surface area (Å²) in [6.07, 6.45) is 2.56. The van der Waals surface area contributed by atoms with Gasteiger partial charge in [-0.3, -0.25) is 9.78 Å². The zero-order valence-corrected chi connectivity index (χ0v) is 14.6. The lowest BCUT2D eigenvalue weighted by atomic mass is 9.93. The van der Waals surface area contributed by atoms with Crippen molar-refractivity contribution in [1.29, 1.82) is 5.26 Å². The Balaban J connectivity index is 1.95. The second-order valence-corrected chi connectivity index (χ2v) is 6.62. The Hall–Kier alpha value is -3.98. The number of allylic oxidation sites excluding steroid dienone is 3. The number of pyridine rings is 1. The van der Waals surface area contributed by atoms with Crippen LogP contribution >= 0.6 is 0 Å². The molecule has 0 spiro atoms. The molecule has 5 rings (SSSR count). The van der Waals surface area contributed by atoms with Crippen LogP contribution in [-0.2, 0) is 0 Å². The van der Waals surface area contributed by atoms with Gasteiger partial charge in [0.1, 0.15) is 5.82 Å². The van der Waals surface area contributed by atoms with E-state index in [0.717, 1.165) is 11.6 Å². The highest BCUT2D eigenvalue weighted by molar-refractivity contribution is 6.32. The molecule has 0 unspecified atom stereocenters. The number of carbonyl (C=O) groups is 1. The maximum absolute atomic E-state index is 14.6. The number of hydrogen-bond donors (Lipinski definition) is 0. The highest BCUT2D eigenvalue weighted by Crippen LogP contribution is 2.50. The molecular weight excluding hydrogens is 377 g/mol. The van der Waals surface area contributed by atoms with E-state index in [0.29, 0.717) is 28.5 Å². The first kappa shape index (κ1) is 17.1. The Labute approximate surface area is 163 Å². The van der Waals surface area contributed by atoms with Crippen molar-refractivity contribution in [1.82, 2.24) is 4.98 Å². The molecule has 3 aromatic rings. The molecule has 0 saturated heterocycles. The summed E-state index contributed by atoms with van der Waals surface area (Å²) in [5.41, 5.74) is 1.81. The van der Waals surface area contributed by atoms with E-state index in [4.69, 9.17) is 0 Å². The van der Waals surface area contributed by atoms with E-state index >= 15 is 0 Å². The molecule has 138 valence electrons. The Morgan fingerprint density at radius 2 is 1.62 bits per heavy atom. The molecule has 0 fully saturated rings. The van der Waals surface area contributed by atoms with Crippen molar-refractivity contribution in [3.63, 3.8) is 0 Å². The molecular formula is C23H9F3N2O. The minimum atomic E-state index is -1.42. The van der Waals surface area contributed by atoms with E-state index in [2.05, 4.69) is 4.98 Å². The second-order valence-electron chi connectivity index (χ2n) is 6.62. The summed E-state index contributed by atoms with van der Waals surface area (Å²) < 4.78 is 43.0. The van der Waals surface area contributed by atoms with Gasteiger partial charge in [-0.2, -0.15) is 5.26 Å². The van der Waals surface area contributed by atoms with Crippen molar-refractivity contribution in [2.75, 3.05) is 0 Å².